The standard InChI is InChI=1S/C36H56O5/c1-3-4-5-6-7-8-9-10-11-12-13-14-15-19-25-33(38)27-21-18-22-28-35(40)30-24-29-34(39)26-20-16-17-23-31-36(41)32(2)37/h9-14,18,22H,3-8,15-17,19-21,23-31H2,1-2H3. The molecule has 41 heavy (non-hydrogen) atoms. The summed E-state index contributed by atoms with van der Waals surface area (Å²) in [6, 6.07) is 0. The van der Waals surface area contributed by atoms with Gasteiger partial charge < -0.3 is 0 Å². The second kappa shape index (κ2) is 28.8. The second-order valence-corrected chi connectivity index (χ2v) is 10.9. The van der Waals surface area contributed by atoms with Crippen molar-refractivity contribution in [1.29, 1.82) is 0 Å². The third-order valence-electron chi connectivity index (χ3n) is 6.92. The predicted octanol–water partition coefficient (Wildman–Crippen LogP) is 9.29. The van der Waals surface area contributed by atoms with Crippen LogP contribution in [-0.4, -0.2) is 28.9 Å². The maximum atomic E-state index is 12.0. The summed E-state index contributed by atoms with van der Waals surface area (Å²) in [6.45, 7) is 3.53. The van der Waals surface area contributed by atoms with E-state index in [-0.39, 0.29) is 28.9 Å². The van der Waals surface area contributed by atoms with Crippen molar-refractivity contribution in [2.45, 2.75) is 149 Å². The van der Waals surface area contributed by atoms with Gasteiger partial charge in [-0.25, -0.2) is 0 Å². The molecule has 0 heterocycles. The number of ketones is 5. The Hall–Kier alpha value is -2.69. The SMILES string of the molecule is CCCCCCCC=CC=CC=CCCCC(=O)CCC=CCC(=O)CCCC(=O)CCCCCCC(=O)C(C)=O. The van der Waals surface area contributed by atoms with E-state index in [1.54, 1.807) is 0 Å². The van der Waals surface area contributed by atoms with E-state index in [4.69, 9.17) is 0 Å². The molecular formula is C36H56O5. The van der Waals surface area contributed by atoms with Crippen molar-refractivity contribution in [2.75, 3.05) is 0 Å². The van der Waals surface area contributed by atoms with Gasteiger partial charge in [0.05, 0.1) is 0 Å². The summed E-state index contributed by atoms with van der Waals surface area (Å²) in [4.78, 5) is 58.1. The lowest BCUT2D eigenvalue weighted by molar-refractivity contribution is -0.135. The Labute approximate surface area is 250 Å². The fourth-order valence-corrected chi connectivity index (χ4v) is 4.31. The van der Waals surface area contributed by atoms with Crippen LogP contribution in [-0.2, 0) is 24.0 Å². The quantitative estimate of drug-likeness (QED) is 0.0388. The van der Waals surface area contributed by atoms with Gasteiger partial charge in [0.1, 0.15) is 17.3 Å². The number of unbranched alkanes of at least 4 members (excludes halogenated alkanes) is 9. The first-order valence-electron chi connectivity index (χ1n) is 16.1. The first-order valence-corrected chi connectivity index (χ1v) is 16.1. The molecule has 0 radical (unpaired) electrons. The number of rotatable bonds is 29. The van der Waals surface area contributed by atoms with Crippen molar-refractivity contribution < 1.29 is 24.0 Å². The van der Waals surface area contributed by atoms with Crippen molar-refractivity contribution in [2.24, 2.45) is 0 Å². The average Bonchev–Trinajstić information content (AvgIpc) is 2.94. The highest BCUT2D eigenvalue weighted by atomic mass is 16.2. The summed E-state index contributed by atoms with van der Waals surface area (Å²) < 4.78 is 0. The molecule has 0 bridgehead atoms. The second-order valence-electron chi connectivity index (χ2n) is 10.9. The van der Waals surface area contributed by atoms with Crippen LogP contribution in [0.25, 0.3) is 0 Å². The predicted molar refractivity (Wildman–Crippen MR) is 170 cm³/mol. The number of Topliss-reactive ketones (excluding diaryl/α,β-unsaturated/α-hetero) is 5. The maximum absolute atomic E-state index is 12.0. The van der Waals surface area contributed by atoms with Crippen LogP contribution in [0.5, 0.6) is 0 Å². The minimum Gasteiger partial charge on any atom is -0.300 e. The van der Waals surface area contributed by atoms with Crippen molar-refractivity contribution in [1.82, 2.24) is 0 Å². The average molecular weight is 569 g/mol. The molecule has 0 spiro atoms. The van der Waals surface area contributed by atoms with Gasteiger partial charge in [0, 0.05) is 51.9 Å². The number of hydrogen-bond acceptors (Lipinski definition) is 5. The minimum atomic E-state index is -0.388. The Morgan fingerprint density at radius 1 is 0.439 bits per heavy atom. The van der Waals surface area contributed by atoms with Crippen molar-refractivity contribution in [3.8, 4) is 0 Å². The van der Waals surface area contributed by atoms with Crippen LogP contribution in [0.1, 0.15) is 149 Å². The highest BCUT2D eigenvalue weighted by Gasteiger charge is 2.08. The van der Waals surface area contributed by atoms with Gasteiger partial charge in [-0.1, -0.05) is 94.1 Å². The summed E-state index contributed by atoms with van der Waals surface area (Å²) in [5.74, 6) is -0.154. The van der Waals surface area contributed by atoms with Crippen LogP contribution < -0.4 is 0 Å². The molecule has 0 rings (SSSR count). The lowest BCUT2D eigenvalue weighted by Gasteiger charge is -2.02. The molecule has 0 fully saturated rings. The molecule has 0 aliphatic rings. The Bertz CT molecular complexity index is 859. The monoisotopic (exact) mass is 568 g/mol. The normalized spacial score (nSPS) is 11.9. The molecule has 0 saturated carbocycles. The van der Waals surface area contributed by atoms with E-state index in [2.05, 4.69) is 31.2 Å². The van der Waals surface area contributed by atoms with Crippen LogP contribution in [0, 0.1) is 0 Å². The zero-order valence-electron chi connectivity index (χ0n) is 26.0. The number of carbonyl (C=O) groups is 5. The van der Waals surface area contributed by atoms with E-state index < -0.39 is 0 Å². The largest absolute Gasteiger partial charge is 0.300 e. The fraction of sp³-hybridized carbons (Fsp3) is 0.639. The summed E-state index contributed by atoms with van der Waals surface area (Å²) in [7, 11) is 0. The Balaban J connectivity index is 3.66. The van der Waals surface area contributed by atoms with Crippen LogP contribution in [0.15, 0.2) is 48.6 Å². The highest BCUT2D eigenvalue weighted by Crippen LogP contribution is 2.10. The third-order valence-corrected chi connectivity index (χ3v) is 6.92. The van der Waals surface area contributed by atoms with Crippen molar-refractivity contribution in [3.05, 3.63) is 48.6 Å². The fourth-order valence-electron chi connectivity index (χ4n) is 4.31. The Kier molecular flexibility index (Phi) is 26.9. The molecule has 0 aliphatic heterocycles. The van der Waals surface area contributed by atoms with Gasteiger partial charge >= 0.3 is 0 Å². The first kappa shape index (κ1) is 38.3. The summed E-state index contributed by atoms with van der Waals surface area (Å²) >= 11 is 0. The molecular weight excluding hydrogens is 512 g/mol. The van der Waals surface area contributed by atoms with Crippen LogP contribution in [0.2, 0.25) is 0 Å². The molecule has 5 nitrogen and oxygen atoms in total. The van der Waals surface area contributed by atoms with E-state index in [1.165, 1.54) is 39.0 Å². The summed E-state index contributed by atoms with van der Waals surface area (Å²) in [5.41, 5.74) is 0. The van der Waals surface area contributed by atoms with Gasteiger partial charge in [-0.05, 0) is 51.4 Å². The molecule has 0 saturated heterocycles. The molecule has 0 aromatic carbocycles. The number of hydrogen-bond donors (Lipinski definition) is 0. The van der Waals surface area contributed by atoms with Gasteiger partial charge in [0.15, 0.2) is 11.6 Å². The van der Waals surface area contributed by atoms with E-state index in [0.29, 0.717) is 64.2 Å². The number of carbonyl (C=O) groups excluding carboxylic acids is 5. The van der Waals surface area contributed by atoms with E-state index in [9.17, 15) is 24.0 Å². The van der Waals surface area contributed by atoms with Crippen LogP contribution in [0.4, 0.5) is 0 Å². The molecule has 0 aromatic rings. The lowest BCUT2D eigenvalue weighted by atomic mass is 10.0. The molecule has 5 heteroatoms. The molecule has 0 amide bonds. The van der Waals surface area contributed by atoms with Gasteiger partial charge in [0.2, 0.25) is 0 Å². The maximum Gasteiger partial charge on any atom is 0.198 e. The zero-order valence-corrected chi connectivity index (χ0v) is 26.0. The van der Waals surface area contributed by atoms with E-state index in [1.807, 2.05) is 24.3 Å². The molecule has 0 N–H and O–H groups in total. The minimum absolute atomic E-state index is 0.120. The first-order chi connectivity index (χ1) is 19.9. The number of allylic oxidation sites excluding steroid dienone is 8. The highest BCUT2D eigenvalue weighted by molar-refractivity contribution is 6.36. The van der Waals surface area contributed by atoms with Crippen LogP contribution in [0.3, 0.4) is 0 Å². The molecule has 230 valence electrons. The van der Waals surface area contributed by atoms with Gasteiger partial charge in [-0.2, -0.15) is 0 Å². The van der Waals surface area contributed by atoms with Crippen LogP contribution >= 0.6 is 0 Å². The lowest BCUT2D eigenvalue weighted by Crippen LogP contribution is -2.08. The molecule has 0 aromatic heterocycles. The summed E-state index contributed by atoms with van der Waals surface area (Å²) in [5, 5.41) is 0. The van der Waals surface area contributed by atoms with Crippen molar-refractivity contribution in [3.63, 3.8) is 0 Å². The van der Waals surface area contributed by atoms with E-state index in [0.717, 1.165) is 38.5 Å². The summed E-state index contributed by atoms with van der Waals surface area (Å²) in [6.07, 6.45) is 33.3. The van der Waals surface area contributed by atoms with Crippen molar-refractivity contribution >= 4 is 28.9 Å². The zero-order chi connectivity index (χ0) is 30.4. The molecule has 0 unspecified atom stereocenters. The topological polar surface area (TPSA) is 85.3 Å². The molecule has 0 aliphatic carbocycles. The Morgan fingerprint density at radius 3 is 1.66 bits per heavy atom. The van der Waals surface area contributed by atoms with E-state index >= 15 is 0 Å². The van der Waals surface area contributed by atoms with Gasteiger partial charge in [-0.3, -0.25) is 24.0 Å². The smallest absolute Gasteiger partial charge is 0.198 e. The van der Waals surface area contributed by atoms with Gasteiger partial charge in [0.25, 0.3) is 0 Å². The third kappa shape index (κ3) is 28.6. The Morgan fingerprint density at radius 2 is 0.976 bits per heavy atom. The van der Waals surface area contributed by atoms with Gasteiger partial charge in [-0.15, -0.1) is 0 Å². The molecule has 0 atom stereocenters.